The van der Waals surface area contributed by atoms with Crippen molar-refractivity contribution in [2.24, 2.45) is 0 Å². The van der Waals surface area contributed by atoms with Gasteiger partial charge in [-0.2, -0.15) is 0 Å². The zero-order chi connectivity index (χ0) is 14.4. The lowest BCUT2D eigenvalue weighted by atomic mass is 10.2. The van der Waals surface area contributed by atoms with Gasteiger partial charge >= 0.3 is 0 Å². The van der Waals surface area contributed by atoms with Crippen molar-refractivity contribution in [1.29, 1.82) is 0 Å². The van der Waals surface area contributed by atoms with E-state index < -0.39 is 20.5 Å². The molecule has 1 aliphatic rings. The molecule has 0 bridgehead atoms. The molecule has 1 fully saturated rings. The second-order valence-electron chi connectivity index (χ2n) is 4.84. The number of anilines is 1. The van der Waals surface area contributed by atoms with Crippen LogP contribution in [0, 0.1) is 6.92 Å². The van der Waals surface area contributed by atoms with Crippen molar-refractivity contribution >= 4 is 33.0 Å². The van der Waals surface area contributed by atoms with E-state index in [1.54, 1.807) is 13.0 Å². The van der Waals surface area contributed by atoms with Crippen molar-refractivity contribution in [2.45, 2.75) is 24.5 Å². The lowest BCUT2D eigenvalue weighted by molar-refractivity contribution is -0.116. The molecule has 0 radical (unpaired) electrons. The SMILES string of the molecule is Cc1cc(Cl)cc(NC(=O)C2(S(C)(=O)=O)CC2)c1O. The Bertz CT molecular complexity index is 650. The number of sulfone groups is 1. The summed E-state index contributed by atoms with van der Waals surface area (Å²) in [6.07, 6.45) is 1.65. The van der Waals surface area contributed by atoms with Crippen LogP contribution < -0.4 is 5.32 Å². The van der Waals surface area contributed by atoms with Gasteiger partial charge in [0.2, 0.25) is 5.91 Å². The maximum Gasteiger partial charge on any atom is 0.245 e. The summed E-state index contributed by atoms with van der Waals surface area (Å²) in [6.45, 7) is 1.64. The van der Waals surface area contributed by atoms with E-state index in [-0.39, 0.29) is 11.4 Å². The van der Waals surface area contributed by atoms with Crippen molar-refractivity contribution in [3.05, 3.63) is 22.7 Å². The summed E-state index contributed by atoms with van der Waals surface area (Å²) >= 11 is 5.84. The predicted molar refractivity (Wildman–Crippen MR) is 73.3 cm³/mol. The first-order valence-electron chi connectivity index (χ1n) is 5.67. The second kappa shape index (κ2) is 4.38. The van der Waals surface area contributed by atoms with Crippen molar-refractivity contribution in [2.75, 3.05) is 11.6 Å². The zero-order valence-electron chi connectivity index (χ0n) is 10.5. The zero-order valence-corrected chi connectivity index (χ0v) is 12.1. The lowest BCUT2D eigenvalue weighted by Crippen LogP contribution is -2.36. The van der Waals surface area contributed by atoms with Gasteiger partial charge in [-0.3, -0.25) is 4.79 Å². The minimum Gasteiger partial charge on any atom is -0.505 e. The molecule has 104 valence electrons. The largest absolute Gasteiger partial charge is 0.505 e. The highest BCUT2D eigenvalue weighted by molar-refractivity contribution is 7.93. The van der Waals surface area contributed by atoms with Crippen LogP contribution in [0.25, 0.3) is 0 Å². The van der Waals surface area contributed by atoms with Gasteiger partial charge < -0.3 is 10.4 Å². The maximum atomic E-state index is 12.1. The third-order valence-electron chi connectivity index (χ3n) is 3.34. The smallest absolute Gasteiger partial charge is 0.245 e. The van der Waals surface area contributed by atoms with Crippen LogP contribution in [0.5, 0.6) is 5.75 Å². The molecule has 1 aromatic carbocycles. The third-order valence-corrected chi connectivity index (χ3v) is 5.57. The number of amides is 1. The molecular weight excluding hydrogens is 290 g/mol. The van der Waals surface area contributed by atoms with Gasteiger partial charge in [0, 0.05) is 11.3 Å². The fraction of sp³-hybridized carbons (Fsp3) is 0.417. The molecule has 5 nitrogen and oxygen atoms in total. The van der Waals surface area contributed by atoms with E-state index >= 15 is 0 Å². The van der Waals surface area contributed by atoms with Crippen LogP contribution in [0.1, 0.15) is 18.4 Å². The van der Waals surface area contributed by atoms with Gasteiger partial charge in [-0.25, -0.2) is 8.42 Å². The topological polar surface area (TPSA) is 83.5 Å². The minimum absolute atomic E-state index is 0.109. The molecule has 1 saturated carbocycles. The number of carbonyl (C=O) groups excluding carboxylic acids is 1. The fourth-order valence-electron chi connectivity index (χ4n) is 1.95. The Morgan fingerprint density at radius 1 is 1.42 bits per heavy atom. The van der Waals surface area contributed by atoms with E-state index in [9.17, 15) is 18.3 Å². The lowest BCUT2D eigenvalue weighted by Gasteiger charge is -2.15. The highest BCUT2D eigenvalue weighted by Gasteiger charge is 2.58. The van der Waals surface area contributed by atoms with Crippen LogP contribution in [0.15, 0.2) is 12.1 Å². The number of phenolic OH excluding ortho intramolecular Hbond substituents is 1. The molecule has 0 heterocycles. The fourth-order valence-corrected chi connectivity index (χ4v) is 3.45. The maximum absolute atomic E-state index is 12.1. The van der Waals surface area contributed by atoms with Gasteiger partial charge in [0.25, 0.3) is 0 Å². The average molecular weight is 304 g/mol. The van der Waals surface area contributed by atoms with E-state index in [1.807, 2.05) is 0 Å². The van der Waals surface area contributed by atoms with E-state index in [0.29, 0.717) is 23.4 Å². The van der Waals surface area contributed by atoms with Crippen LogP contribution in [0.3, 0.4) is 0 Å². The quantitative estimate of drug-likeness (QED) is 0.835. The summed E-state index contributed by atoms with van der Waals surface area (Å²) in [6, 6.07) is 2.94. The van der Waals surface area contributed by atoms with Gasteiger partial charge in [0.15, 0.2) is 14.6 Å². The summed E-state index contributed by atoms with van der Waals surface area (Å²) < 4.78 is 21.9. The van der Waals surface area contributed by atoms with Gasteiger partial charge in [-0.1, -0.05) is 11.6 Å². The number of hydrogen-bond donors (Lipinski definition) is 2. The Hall–Kier alpha value is -1.27. The second-order valence-corrected chi connectivity index (χ2v) is 7.60. The summed E-state index contributed by atoms with van der Waals surface area (Å²) in [5.74, 6) is -0.728. The Balaban J connectivity index is 2.31. The molecule has 7 heteroatoms. The van der Waals surface area contributed by atoms with Gasteiger partial charge in [0.05, 0.1) is 5.69 Å². The summed E-state index contributed by atoms with van der Waals surface area (Å²) in [7, 11) is -3.47. The molecule has 0 saturated heterocycles. The van der Waals surface area contributed by atoms with E-state index in [2.05, 4.69) is 5.32 Å². The van der Waals surface area contributed by atoms with E-state index in [4.69, 9.17) is 11.6 Å². The van der Waals surface area contributed by atoms with Crippen molar-refractivity contribution in [3.63, 3.8) is 0 Å². The summed E-state index contributed by atoms with van der Waals surface area (Å²) in [5.41, 5.74) is 0.636. The molecule has 2 rings (SSSR count). The first kappa shape index (κ1) is 14.1. The number of rotatable bonds is 3. The van der Waals surface area contributed by atoms with Crippen LogP contribution >= 0.6 is 11.6 Å². The molecule has 0 unspecified atom stereocenters. The Morgan fingerprint density at radius 2 is 2.00 bits per heavy atom. The number of aromatic hydroxyl groups is 1. The van der Waals surface area contributed by atoms with E-state index in [1.165, 1.54) is 6.07 Å². The first-order chi connectivity index (χ1) is 8.67. The molecule has 19 heavy (non-hydrogen) atoms. The number of nitrogens with one attached hydrogen (secondary N) is 1. The van der Waals surface area contributed by atoms with Crippen LogP contribution in [0.4, 0.5) is 5.69 Å². The molecule has 0 spiro atoms. The molecule has 1 aromatic rings. The van der Waals surface area contributed by atoms with Crippen molar-refractivity contribution < 1.29 is 18.3 Å². The molecule has 1 amide bonds. The van der Waals surface area contributed by atoms with Crippen molar-refractivity contribution in [1.82, 2.24) is 0 Å². The Labute approximate surface area is 116 Å². The molecule has 0 aromatic heterocycles. The van der Waals surface area contributed by atoms with Gasteiger partial charge in [-0.05, 0) is 37.5 Å². The minimum atomic E-state index is -3.47. The molecule has 1 aliphatic carbocycles. The number of benzene rings is 1. The summed E-state index contributed by atoms with van der Waals surface area (Å²) in [4.78, 5) is 12.1. The Kier molecular flexibility index (Phi) is 3.26. The number of halogens is 1. The highest BCUT2D eigenvalue weighted by atomic mass is 35.5. The summed E-state index contributed by atoms with van der Waals surface area (Å²) in [5, 5.41) is 12.6. The number of hydrogen-bond acceptors (Lipinski definition) is 4. The van der Waals surface area contributed by atoms with Gasteiger partial charge in [-0.15, -0.1) is 0 Å². The molecule has 2 N–H and O–H groups in total. The molecule has 0 atom stereocenters. The predicted octanol–water partition coefficient (Wildman–Crippen LogP) is 1.87. The first-order valence-corrected chi connectivity index (χ1v) is 7.94. The van der Waals surface area contributed by atoms with Crippen molar-refractivity contribution in [3.8, 4) is 5.75 Å². The number of phenols is 1. The van der Waals surface area contributed by atoms with Crippen LogP contribution in [0.2, 0.25) is 5.02 Å². The van der Waals surface area contributed by atoms with E-state index in [0.717, 1.165) is 6.26 Å². The highest BCUT2D eigenvalue weighted by Crippen LogP contribution is 2.44. The van der Waals surface area contributed by atoms with Gasteiger partial charge in [0.1, 0.15) is 5.75 Å². The number of aryl methyl sites for hydroxylation is 1. The standard InChI is InChI=1S/C12H14ClNO4S/c1-7-5-8(13)6-9(10(7)15)14-11(16)12(3-4-12)19(2,17)18/h5-6,15H,3-4H2,1-2H3,(H,14,16). The molecule has 0 aliphatic heterocycles. The molecular formula is C12H14ClNO4S. The van der Waals surface area contributed by atoms with Crippen LogP contribution in [-0.4, -0.2) is 30.4 Å². The monoisotopic (exact) mass is 303 g/mol. The number of carbonyl (C=O) groups is 1. The van der Waals surface area contributed by atoms with Crippen LogP contribution in [-0.2, 0) is 14.6 Å². The Morgan fingerprint density at radius 3 is 2.47 bits per heavy atom. The third kappa shape index (κ3) is 2.42. The average Bonchev–Trinajstić information content (AvgIpc) is 3.05. The normalized spacial score (nSPS) is 17.0.